The van der Waals surface area contributed by atoms with Gasteiger partial charge in [0.05, 0.1) is 11.4 Å². The number of rotatable bonds is 5. The molecule has 106 valence electrons. The van der Waals surface area contributed by atoms with Crippen LogP contribution in [0.3, 0.4) is 0 Å². The summed E-state index contributed by atoms with van der Waals surface area (Å²) in [5, 5.41) is 11.9. The molecule has 0 aliphatic carbocycles. The Kier molecular flexibility index (Phi) is 5.28. The second-order valence-corrected chi connectivity index (χ2v) is 5.74. The topological polar surface area (TPSA) is 41.0 Å². The van der Waals surface area contributed by atoms with E-state index in [1.165, 1.54) is 37.9 Å². The molecule has 1 saturated heterocycles. The van der Waals surface area contributed by atoms with E-state index in [2.05, 4.69) is 33.4 Å². The Morgan fingerprint density at radius 1 is 1.21 bits per heavy atom. The summed E-state index contributed by atoms with van der Waals surface area (Å²) in [7, 11) is 0. The molecule has 1 fully saturated rings. The van der Waals surface area contributed by atoms with Gasteiger partial charge in [-0.3, -0.25) is 0 Å². The molecule has 1 N–H and O–H groups in total. The first-order valence-electron chi connectivity index (χ1n) is 7.40. The van der Waals surface area contributed by atoms with E-state index in [1.54, 1.807) is 0 Å². The number of aromatic nitrogens is 2. The van der Waals surface area contributed by atoms with Crippen LogP contribution in [0.1, 0.15) is 43.1 Å². The maximum Gasteiger partial charge on any atom is 0.0645 e. The third-order valence-electron chi connectivity index (χ3n) is 3.83. The highest BCUT2D eigenvalue weighted by Crippen LogP contribution is 2.09. The molecule has 1 aromatic rings. The average molecular weight is 262 g/mol. The Labute approximate surface area is 116 Å². The van der Waals surface area contributed by atoms with Crippen LogP contribution in [0.15, 0.2) is 6.07 Å². The van der Waals surface area contributed by atoms with Gasteiger partial charge in [0.2, 0.25) is 0 Å². The van der Waals surface area contributed by atoms with E-state index in [-0.39, 0.29) is 0 Å². The quantitative estimate of drug-likeness (QED) is 0.882. The van der Waals surface area contributed by atoms with Gasteiger partial charge in [0.15, 0.2) is 0 Å². The van der Waals surface area contributed by atoms with E-state index in [9.17, 15) is 0 Å². The second-order valence-electron chi connectivity index (χ2n) is 5.74. The fourth-order valence-corrected chi connectivity index (χ4v) is 2.66. The van der Waals surface area contributed by atoms with Crippen molar-refractivity contribution in [3.63, 3.8) is 0 Å². The van der Waals surface area contributed by atoms with Gasteiger partial charge in [-0.2, -0.15) is 10.2 Å². The summed E-state index contributed by atoms with van der Waals surface area (Å²) in [4.78, 5) is 2.57. The molecule has 0 spiro atoms. The predicted molar refractivity (Wildman–Crippen MR) is 78.1 cm³/mol. The molecule has 0 saturated carbocycles. The van der Waals surface area contributed by atoms with Crippen molar-refractivity contribution in [3.05, 3.63) is 23.0 Å². The summed E-state index contributed by atoms with van der Waals surface area (Å²) in [6.07, 6.45) is 4.12. The van der Waals surface area contributed by atoms with Gasteiger partial charge in [0.25, 0.3) is 0 Å². The fourth-order valence-electron chi connectivity index (χ4n) is 2.66. The lowest BCUT2D eigenvalue weighted by atomic mass is 10.1. The van der Waals surface area contributed by atoms with Crippen LogP contribution in [0, 0.1) is 13.8 Å². The number of nitrogens with one attached hydrogen (secondary N) is 1. The summed E-state index contributed by atoms with van der Waals surface area (Å²) in [6.45, 7) is 10.9. The van der Waals surface area contributed by atoms with Crippen molar-refractivity contribution in [1.82, 2.24) is 20.4 Å². The standard InChI is InChI=1S/C15H26N4/c1-12-9-15(14(3)18-17-12)10-16-13(2)11-19-7-5-4-6-8-19/h9,13,16H,4-8,10-11H2,1-3H3. The van der Waals surface area contributed by atoms with Gasteiger partial charge in [-0.05, 0) is 58.3 Å². The number of nitrogens with zero attached hydrogens (tertiary/aromatic N) is 3. The van der Waals surface area contributed by atoms with E-state index in [0.29, 0.717) is 6.04 Å². The number of likely N-dealkylation sites (tertiary alicyclic amines) is 1. The molecular weight excluding hydrogens is 236 g/mol. The first-order chi connectivity index (χ1) is 9.15. The minimum absolute atomic E-state index is 0.519. The molecular formula is C15H26N4. The zero-order valence-corrected chi connectivity index (χ0v) is 12.4. The first-order valence-corrected chi connectivity index (χ1v) is 7.40. The largest absolute Gasteiger partial charge is 0.309 e. The van der Waals surface area contributed by atoms with Crippen LogP contribution in [0.5, 0.6) is 0 Å². The zero-order valence-electron chi connectivity index (χ0n) is 12.4. The molecule has 0 aromatic carbocycles. The molecule has 4 heteroatoms. The molecule has 1 unspecified atom stereocenters. The number of piperidine rings is 1. The molecule has 2 heterocycles. The van der Waals surface area contributed by atoms with Crippen LogP contribution in [0.4, 0.5) is 0 Å². The maximum absolute atomic E-state index is 4.17. The van der Waals surface area contributed by atoms with Gasteiger partial charge in [0, 0.05) is 19.1 Å². The molecule has 1 atom stereocenters. The summed E-state index contributed by atoms with van der Waals surface area (Å²) >= 11 is 0. The van der Waals surface area contributed by atoms with Gasteiger partial charge in [0.1, 0.15) is 0 Å². The molecule has 2 rings (SSSR count). The number of aryl methyl sites for hydroxylation is 2. The van der Waals surface area contributed by atoms with E-state index in [1.807, 2.05) is 13.8 Å². The van der Waals surface area contributed by atoms with Crippen LogP contribution < -0.4 is 5.32 Å². The SMILES string of the molecule is Cc1cc(CNC(C)CN2CCCCC2)c(C)nn1. The Bertz CT molecular complexity index is 399. The van der Waals surface area contributed by atoms with Crippen molar-refractivity contribution >= 4 is 0 Å². The Morgan fingerprint density at radius 2 is 1.95 bits per heavy atom. The molecule has 1 aliphatic heterocycles. The highest BCUT2D eigenvalue weighted by molar-refractivity contribution is 5.19. The zero-order chi connectivity index (χ0) is 13.7. The lowest BCUT2D eigenvalue weighted by Crippen LogP contribution is -2.41. The summed E-state index contributed by atoms with van der Waals surface area (Å²) in [5.41, 5.74) is 3.28. The van der Waals surface area contributed by atoms with Gasteiger partial charge in [-0.15, -0.1) is 0 Å². The first kappa shape index (κ1) is 14.4. The second kappa shape index (κ2) is 6.96. The van der Waals surface area contributed by atoms with Gasteiger partial charge in [-0.25, -0.2) is 0 Å². The number of hydrogen-bond donors (Lipinski definition) is 1. The molecule has 0 bridgehead atoms. The van der Waals surface area contributed by atoms with Crippen molar-refractivity contribution in [2.24, 2.45) is 0 Å². The third-order valence-corrected chi connectivity index (χ3v) is 3.83. The van der Waals surface area contributed by atoms with Crippen molar-refractivity contribution in [2.45, 2.75) is 52.6 Å². The maximum atomic E-state index is 4.17. The van der Waals surface area contributed by atoms with Crippen molar-refractivity contribution in [3.8, 4) is 0 Å². The van der Waals surface area contributed by atoms with E-state index >= 15 is 0 Å². The van der Waals surface area contributed by atoms with Crippen LogP contribution in [0.25, 0.3) is 0 Å². The Hall–Kier alpha value is -1.00. The third kappa shape index (κ3) is 4.55. The highest BCUT2D eigenvalue weighted by atomic mass is 15.2. The van der Waals surface area contributed by atoms with Gasteiger partial charge < -0.3 is 10.2 Å². The Morgan fingerprint density at radius 3 is 2.68 bits per heavy atom. The van der Waals surface area contributed by atoms with E-state index in [4.69, 9.17) is 0 Å². The highest BCUT2D eigenvalue weighted by Gasteiger charge is 2.13. The number of hydrogen-bond acceptors (Lipinski definition) is 4. The Balaban J connectivity index is 1.79. The minimum Gasteiger partial charge on any atom is -0.309 e. The van der Waals surface area contributed by atoms with Crippen molar-refractivity contribution in [2.75, 3.05) is 19.6 Å². The molecule has 19 heavy (non-hydrogen) atoms. The van der Waals surface area contributed by atoms with Gasteiger partial charge >= 0.3 is 0 Å². The van der Waals surface area contributed by atoms with Crippen LogP contribution in [-0.2, 0) is 6.54 Å². The summed E-state index contributed by atoms with van der Waals surface area (Å²) in [5.74, 6) is 0. The summed E-state index contributed by atoms with van der Waals surface area (Å²) < 4.78 is 0. The predicted octanol–water partition coefficient (Wildman–Crippen LogP) is 2.06. The van der Waals surface area contributed by atoms with Crippen molar-refractivity contribution < 1.29 is 0 Å². The normalized spacial score (nSPS) is 18.5. The van der Waals surface area contributed by atoms with Crippen LogP contribution in [0.2, 0.25) is 0 Å². The molecule has 4 nitrogen and oxygen atoms in total. The average Bonchev–Trinajstić information content (AvgIpc) is 2.41. The van der Waals surface area contributed by atoms with Crippen LogP contribution >= 0.6 is 0 Å². The molecule has 0 radical (unpaired) electrons. The van der Waals surface area contributed by atoms with Crippen LogP contribution in [-0.4, -0.2) is 40.8 Å². The van der Waals surface area contributed by atoms with E-state index in [0.717, 1.165) is 24.5 Å². The lowest BCUT2D eigenvalue weighted by Gasteiger charge is -2.29. The summed E-state index contributed by atoms with van der Waals surface area (Å²) in [6, 6.07) is 2.65. The molecule has 1 aromatic heterocycles. The monoisotopic (exact) mass is 262 g/mol. The molecule has 0 amide bonds. The lowest BCUT2D eigenvalue weighted by molar-refractivity contribution is 0.209. The minimum atomic E-state index is 0.519. The van der Waals surface area contributed by atoms with Crippen molar-refractivity contribution in [1.29, 1.82) is 0 Å². The van der Waals surface area contributed by atoms with E-state index < -0.39 is 0 Å². The fraction of sp³-hybridized carbons (Fsp3) is 0.733. The van der Waals surface area contributed by atoms with Gasteiger partial charge in [-0.1, -0.05) is 6.42 Å². The molecule has 1 aliphatic rings. The smallest absolute Gasteiger partial charge is 0.0645 e.